The van der Waals surface area contributed by atoms with Gasteiger partial charge in [0.25, 0.3) is 0 Å². The summed E-state index contributed by atoms with van der Waals surface area (Å²) < 4.78 is 11.3. The zero-order valence-corrected chi connectivity index (χ0v) is 11.9. The molecule has 2 aromatic rings. The van der Waals surface area contributed by atoms with Gasteiger partial charge in [-0.15, -0.1) is 0 Å². The van der Waals surface area contributed by atoms with E-state index in [9.17, 15) is 0 Å². The lowest BCUT2D eigenvalue weighted by Crippen LogP contribution is -2.16. The van der Waals surface area contributed by atoms with Crippen molar-refractivity contribution in [2.75, 3.05) is 0 Å². The second-order valence-corrected chi connectivity index (χ2v) is 5.31. The third kappa shape index (κ3) is 3.42. The highest BCUT2D eigenvalue weighted by Crippen LogP contribution is 2.21. The first-order chi connectivity index (χ1) is 9.85. The Morgan fingerprint density at radius 3 is 2.70 bits per heavy atom. The van der Waals surface area contributed by atoms with Crippen LogP contribution < -0.4 is 10.1 Å². The van der Waals surface area contributed by atoms with Crippen molar-refractivity contribution in [2.45, 2.75) is 45.4 Å². The molecule has 0 radical (unpaired) electrons. The van der Waals surface area contributed by atoms with Gasteiger partial charge in [0.05, 0.1) is 6.26 Å². The standard InChI is InChI=1S/C17H21NO2/c1-2-13-3-7-16(8-4-13)20-12-17-14(9-10-19-17)11-18-15-5-6-15/h3-4,7-10,15,18H,2,5-6,11-12H2,1H3. The van der Waals surface area contributed by atoms with Crippen LogP contribution in [-0.2, 0) is 19.6 Å². The van der Waals surface area contributed by atoms with Gasteiger partial charge in [-0.1, -0.05) is 19.1 Å². The van der Waals surface area contributed by atoms with E-state index in [0.717, 1.165) is 24.5 Å². The average molecular weight is 271 g/mol. The fraction of sp³-hybridized carbons (Fsp3) is 0.412. The Labute approximate surface area is 119 Å². The number of benzene rings is 1. The van der Waals surface area contributed by atoms with Crippen LogP contribution in [0, 0.1) is 0 Å². The Morgan fingerprint density at radius 1 is 1.20 bits per heavy atom. The minimum atomic E-state index is 0.486. The van der Waals surface area contributed by atoms with Gasteiger partial charge in [0, 0.05) is 18.2 Å². The van der Waals surface area contributed by atoms with Gasteiger partial charge in [0.15, 0.2) is 0 Å². The van der Waals surface area contributed by atoms with E-state index < -0.39 is 0 Å². The van der Waals surface area contributed by atoms with E-state index in [1.807, 2.05) is 18.2 Å². The summed E-state index contributed by atoms with van der Waals surface area (Å²) in [4.78, 5) is 0. The van der Waals surface area contributed by atoms with Gasteiger partial charge in [0.1, 0.15) is 18.1 Å². The molecule has 106 valence electrons. The molecule has 1 aromatic heterocycles. The second-order valence-electron chi connectivity index (χ2n) is 5.31. The smallest absolute Gasteiger partial charge is 0.146 e. The number of rotatable bonds is 7. The summed E-state index contributed by atoms with van der Waals surface area (Å²) in [6.07, 6.45) is 5.39. The molecule has 1 aliphatic rings. The lowest BCUT2D eigenvalue weighted by molar-refractivity contribution is 0.268. The molecular weight excluding hydrogens is 250 g/mol. The van der Waals surface area contributed by atoms with Crippen LogP contribution in [0.1, 0.15) is 36.7 Å². The molecule has 0 spiro atoms. The SMILES string of the molecule is CCc1ccc(OCc2occc2CNC2CC2)cc1. The molecule has 0 amide bonds. The van der Waals surface area contributed by atoms with Gasteiger partial charge >= 0.3 is 0 Å². The van der Waals surface area contributed by atoms with Crippen LogP contribution in [0.4, 0.5) is 0 Å². The van der Waals surface area contributed by atoms with E-state index >= 15 is 0 Å². The third-order valence-corrected chi connectivity index (χ3v) is 3.70. The Kier molecular flexibility index (Phi) is 4.07. The normalized spacial score (nSPS) is 14.4. The molecule has 0 aliphatic heterocycles. The van der Waals surface area contributed by atoms with Crippen LogP contribution in [-0.4, -0.2) is 6.04 Å². The van der Waals surface area contributed by atoms with Gasteiger partial charge < -0.3 is 14.5 Å². The molecule has 3 nitrogen and oxygen atoms in total. The molecule has 1 N–H and O–H groups in total. The maximum absolute atomic E-state index is 5.79. The van der Waals surface area contributed by atoms with E-state index in [1.165, 1.54) is 24.0 Å². The molecule has 1 saturated carbocycles. The predicted molar refractivity (Wildman–Crippen MR) is 78.7 cm³/mol. The molecule has 0 unspecified atom stereocenters. The van der Waals surface area contributed by atoms with Crippen molar-refractivity contribution in [1.29, 1.82) is 0 Å². The Balaban J connectivity index is 1.55. The molecule has 3 rings (SSSR count). The van der Waals surface area contributed by atoms with E-state index in [-0.39, 0.29) is 0 Å². The molecule has 1 aliphatic carbocycles. The monoisotopic (exact) mass is 271 g/mol. The third-order valence-electron chi connectivity index (χ3n) is 3.70. The quantitative estimate of drug-likeness (QED) is 0.834. The fourth-order valence-corrected chi connectivity index (χ4v) is 2.16. The van der Waals surface area contributed by atoms with E-state index in [4.69, 9.17) is 9.15 Å². The molecule has 1 fully saturated rings. The minimum absolute atomic E-state index is 0.486. The van der Waals surface area contributed by atoms with E-state index in [2.05, 4.69) is 24.4 Å². The van der Waals surface area contributed by atoms with Crippen LogP contribution in [0.15, 0.2) is 41.0 Å². The van der Waals surface area contributed by atoms with Crippen molar-refractivity contribution < 1.29 is 9.15 Å². The van der Waals surface area contributed by atoms with Crippen molar-refractivity contribution >= 4 is 0 Å². The van der Waals surface area contributed by atoms with Crippen molar-refractivity contribution in [3.05, 3.63) is 53.5 Å². The number of aryl methyl sites for hydroxylation is 1. The fourth-order valence-electron chi connectivity index (χ4n) is 2.16. The van der Waals surface area contributed by atoms with Gasteiger partial charge in [-0.25, -0.2) is 0 Å². The van der Waals surface area contributed by atoms with Crippen molar-refractivity contribution in [3.63, 3.8) is 0 Å². The Morgan fingerprint density at radius 2 is 2.00 bits per heavy atom. The van der Waals surface area contributed by atoms with Crippen LogP contribution >= 0.6 is 0 Å². The summed E-state index contributed by atoms with van der Waals surface area (Å²) in [5, 5.41) is 3.50. The van der Waals surface area contributed by atoms with Gasteiger partial charge in [-0.05, 0) is 43.0 Å². The Hall–Kier alpha value is -1.74. The molecule has 20 heavy (non-hydrogen) atoms. The highest BCUT2D eigenvalue weighted by atomic mass is 16.5. The molecule has 1 aromatic carbocycles. The summed E-state index contributed by atoms with van der Waals surface area (Å²) in [5.74, 6) is 1.80. The first-order valence-corrected chi connectivity index (χ1v) is 7.35. The average Bonchev–Trinajstić information content (AvgIpc) is 3.22. The first-order valence-electron chi connectivity index (χ1n) is 7.35. The molecule has 0 saturated heterocycles. The largest absolute Gasteiger partial charge is 0.486 e. The highest BCUT2D eigenvalue weighted by molar-refractivity contribution is 5.27. The summed E-state index contributed by atoms with van der Waals surface area (Å²) in [6, 6.07) is 11.0. The van der Waals surface area contributed by atoms with Crippen LogP contribution in [0.2, 0.25) is 0 Å². The highest BCUT2D eigenvalue weighted by Gasteiger charge is 2.20. The number of furan rings is 1. The molecule has 0 bridgehead atoms. The number of hydrogen-bond donors (Lipinski definition) is 1. The van der Waals surface area contributed by atoms with Gasteiger partial charge in [-0.2, -0.15) is 0 Å². The zero-order valence-electron chi connectivity index (χ0n) is 11.9. The Bertz CT molecular complexity index is 540. The van der Waals surface area contributed by atoms with E-state index in [0.29, 0.717) is 12.6 Å². The zero-order chi connectivity index (χ0) is 13.8. The predicted octanol–water partition coefficient (Wildman–Crippen LogP) is 3.67. The summed E-state index contributed by atoms with van der Waals surface area (Å²) in [6.45, 7) is 3.51. The minimum Gasteiger partial charge on any atom is -0.486 e. The van der Waals surface area contributed by atoms with Crippen molar-refractivity contribution in [3.8, 4) is 5.75 Å². The number of hydrogen-bond acceptors (Lipinski definition) is 3. The van der Waals surface area contributed by atoms with Crippen molar-refractivity contribution in [1.82, 2.24) is 5.32 Å². The van der Waals surface area contributed by atoms with Gasteiger partial charge in [0.2, 0.25) is 0 Å². The van der Waals surface area contributed by atoms with Crippen LogP contribution in [0.5, 0.6) is 5.75 Å². The number of ether oxygens (including phenoxy) is 1. The molecular formula is C17H21NO2. The van der Waals surface area contributed by atoms with E-state index in [1.54, 1.807) is 6.26 Å². The number of nitrogens with one attached hydrogen (secondary N) is 1. The van der Waals surface area contributed by atoms with Crippen molar-refractivity contribution in [2.24, 2.45) is 0 Å². The lowest BCUT2D eigenvalue weighted by Gasteiger charge is -2.07. The maximum atomic E-state index is 5.79. The summed E-state index contributed by atoms with van der Waals surface area (Å²) in [7, 11) is 0. The molecule has 1 heterocycles. The first kappa shape index (κ1) is 13.3. The lowest BCUT2D eigenvalue weighted by atomic mass is 10.2. The van der Waals surface area contributed by atoms with Crippen LogP contribution in [0.25, 0.3) is 0 Å². The van der Waals surface area contributed by atoms with Gasteiger partial charge in [-0.3, -0.25) is 0 Å². The second kappa shape index (κ2) is 6.14. The summed E-state index contributed by atoms with van der Waals surface area (Å²) in [5.41, 5.74) is 2.52. The molecule has 3 heteroatoms. The summed E-state index contributed by atoms with van der Waals surface area (Å²) >= 11 is 0. The topological polar surface area (TPSA) is 34.4 Å². The maximum Gasteiger partial charge on any atom is 0.146 e. The molecule has 0 atom stereocenters. The van der Waals surface area contributed by atoms with Crippen LogP contribution in [0.3, 0.4) is 0 Å².